The van der Waals surface area contributed by atoms with Crippen LogP contribution in [-0.4, -0.2) is 6.21 Å². The second-order valence-corrected chi connectivity index (χ2v) is 9.92. The van der Waals surface area contributed by atoms with E-state index < -0.39 is 0 Å². The van der Waals surface area contributed by atoms with Gasteiger partial charge < -0.3 is 10.1 Å². The van der Waals surface area contributed by atoms with Crippen molar-refractivity contribution in [1.29, 1.82) is 0 Å². The Morgan fingerprint density at radius 2 is 1.78 bits per heavy atom. The van der Waals surface area contributed by atoms with Crippen LogP contribution in [0, 0.1) is 11.7 Å². The molecule has 4 aromatic rings. The average Bonchev–Trinajstić information content (AvgIpc) is 3.43. The van der Waals surface area contributed by atoms with E-state index in [1.165, 1.54) is 28.9 Å². The zero-order valence-corrected chi connectivity index (χ0v) is 20.9. The van der Waals surface area contributed by atoms with Crippen LogP contribution in [0.25, 0.3) is 0 Å². The van der Waals surface area contributed by atoms with Gasteiger partial charge in [0.1, 0.15) is 18.2 Å². The third-order valence-corrected chi connectivity index (χ3v) is 7.45. The van der Waals surface area contributed by atoms with E-state index >= 15 is 0 Å². The predicted octanol–water partition coefficient (Wildman–Crippen LogP) is 8.64. The summed E-state index contributed by atoms with van der Waals surface area (Å²) in [7, 11) is 0. The molecule has 0 spiro atoms. The monoisotopic (exact) mass is 508 g/mol. The molecule has 1 aliphatic carbocycles. The molecule has 0 fully saturated rings. The van der Waals surface area contributed by atoms with Crippen molar-refractivity contribution in [3.63, 3.8) is 0 Å². The molecule has 37 heavy (non-hydrogen) atoms. The lowest BCUT2D eigenvalue weighted by molar-refractivity contribution is 0.306. The van der Waals surface area contributed by atoms with Crippen molar-refractivity contribution in [3.8, 4) is 5.75 Å². The Labute approximate surface area is 221 Å². The number of anilines is 1. The number of nitrogens with one attached hydrogen (secondary N) is 1. The number of ether oxygens (including phenoxy) is 1. The lowest BCUT2D eigenvalue weighted by atomic mass is 9.77. The summed E-state index contributed by atoms with van der Waals surface area (Å²) in [5.74, 6) is 1.30. The van der Waals surface area contributed by atoms with Crippen molar-refractivity contribution in [2.75, 3.05) is 5.32 Å². The van der Waals surface area contributed by atoms with Crippen molar-refractivity contribution in [2.45, 2.75) is 25.0 Å². The standard InChI is InChI=1S/C32H26ClFN2O/c33-29-18-22(10-17-31(29)37-20-21-8-13-24(34)14-9-21)19-35-25-15-11-23(12-16-25)32-28-6-3-5-26(28)27-4-1-2-7-30(27)36-32/h1-5,7-19,26,28,32,36H,6,20H2/t26-,28-,32+/m1/s1. The van der Waals surface area contributed by atoms with Gasteiger partial charge in [-0.2, -0.15) is 0 Å². The van der Waals surface area contributed by atoms with Gasteiger partial charge in [-0.15, -0.1) is 0 Å². The number of aliphatic imine (C=N–C) groups is 1. The highest BCUT2D eigenvalue weighted by atomic mass is 35.5. The molecule has 0 saturated carbocycles. The average molecular weight is 509 g/mol. The molecule has 0 saturated heterocycles. The molecule has 184 valence electrons. The molecule has 0 amide bonds. The molecule has 1 heterocycles. The van der Waals surface area contributed by atoms with E-state index in [1.807, 2.05) is 18.2 Å². The van der Waals surface area contributed by atoms with Crippen LogP contribution < -0.4 is 10.1 Å². The van der Waals surface area contributed by atoms with Gasteiger partial charge in [0.2, 0.25) is 0 Å². The highest BCUT2D eigenvalue weighted by molar-refractivity contribution is 6.32. The predicted molar refractivity (Wildman–Crippen MR) is 149 cm³/mol. The van der Waals surface area contributed by atoms with Gasteiger partial charge in [-0.05, 0) is 83.1 Å². The van der Waals surface area contributed by atoms with Gasteiger partial charge in [0.25, 0.3) is 0 Å². The summed E-state index contributed by atoms with van der Waals surface area (Å²) in [5.41, 5.74) is 6.54. The molecule has 0 aromatic heterocycles. The van der Waals surface area contributed by atoms with Crippen molar-refractivity contribution in [2.24, 2.45) is 10.9 Å². The Bertz CT molecular complexity index is 1460. The Hall–Kier alpha value is -3.89. The molecule has 4 aromatic carbocycles. The Morgan fingerprint density at radius 1 is 0.973 bits per heavy atom. The molecular weight excluding hydrogens is 483 g/mol. The molecule has 0 bridgehead atoms. The largest absolute Gasteiger partial charge is 0.487 e. The van der Waals surface area contributed by atoms with Crippen LogP contribution in [0.2, 0.25) is 5.02 Å². The van der Waals surface area contributed by atoms with Crippen LogP contribution in [0.4, 0.5) is 15.8 Å². The zero-order chi connectivity index (χ0) is 25.2. The summed E-state index contributed by atoms with van der Waals surface area (Å²) in [4.78, 5) is 4.65. The minimum Gasteiger partial charge on any atom is -0.487 e. The minimum atomic E-state index is -0.267. The number of para-hydroxylation sites is 1. The Kier molecular flexibility index (Phi) is 6.50. The summed E-state index contributed by atoms with van der Waals surface area (Å²) in [6.07, 6.45) is 7.56. The summed E-state index contributed by atoms with van der Waals surface area (Å²) < 4.78 is 18.9. The van der Waals surface area contributed by atoms with Crippen LogP contribution in [0.15, 0.2) is 108 Å². The number of hydrogen-bond acceptors (Lipinski definition) is 3. The van der Waals surface area contributed by atoms with E-state index in [9.17, 15) is 4.39 Å². The number of halogens is 2. The normalized spacial score (nSPS) is 19.9. The molecule has 0 radical (unpaired) electrons. The zero-order valence-electron chi connectivity index (χ0n) is 20.1. The van der Waals surface area contributed by atoms with Crippen LogP contribution in [0.3, 0.4) is 0 Å². The summed E-state index contributed by atoms with van der Waals surface area (Å²) in [5, 5.41) is 4.28. The quantitative estimate of drug-likeness (QED) is 0.209. The summed E-state index contributed by atoms with van der Waals surface area (Å²) >= 11 is 6.43. The molecular formula is C32H26ClFN2O. The number of nitrogens with zero attached hydrogens (tertiary/aromatic N) is 1. The van der Waals surface area contributed by atoms with Gasteiger partial charge in [0, 0.05) is 17.8 Å². The second-order valence-electron chi connectivity index (χ2n) is 9.52. The molecule has 2 aliphatic rings. The maximum atomic E-state index is 13.1. The first kappa shape index (κ1) is 23.5. The number of rotatable bonds is 6. The van der Waals surface area contributed by atoms with Gasteiger partial charge in [-0.25, -0.2) is 4.39 Å². The van der Waals surface area contributed by atoms with Crippen molar-refractivity contribution >= 4 is 29.2 Å². The lowest BCUT2D eigenvalue weighted by Gasteiger charge is -2.37. The molecule has 5 heteroatoms. The van der Waals surface area contributed by atoms with E-state index in [0.29, 0.717) is 29.2 Å². The van der Waals surface area contributed by atoms with Gasteiger partial charge in [-0.3, -0.25) is 4.99 Å². The second kappa shape index (κ2) is 10.2. The maximum absolute atomic E-state index is 13.1. The van der Waals surface area contributed by atoms with Crippen molar-refractivity contribution in [1.82, 2.24) is 0 Å². The molecule has 0 unspecified atom stereocenters. The van der Waals surface area contributed by atoms with Crippen molar-refractivity contribution < 1.29 is 9.13 Å². The van der Waals surface area contributed by atoms with E-state index in [-0.39, 0.29) is 11.9 Å². The highest BCUT2D eigenvalue weighted by Gasteiger charge is 2.37. The molecule has 1 aliphatic heterocycles. The molecule has 1 N–H and O–H groups in total. The lowest BCUT2D eigenvalue weighted by Crippen LogP contribution is -2.28. The topological polar surface area (TPSA) is 33.6 Å². The Morgan fingerprint density at radius 3 is 2.59 bits per heavy atom. The highest BCUT2D eigenvalue weighted by Crippen LogP contribution is 2.49. The van der Waals surface area contributed by atoms with Crippen LogP contribution in [0.5, 0.6) is 5.75 Å². The molecule has 3 atom stereocenters. The minimum absolute atomic E-state index is 0.267. The van der Waals surface area contributed by atoms with E-state index in [4.69, 9.17) is 16.3 Å². The van der Waals surface area contributed by atoms with Gasteiger partial charge in [-0.1, -0.05) is 66.2 Å². The SMILES string of the molecule is Fc1ccc(COc2ccc(C=Nc3ccc([C@@H]4Nc5ccccc5[C@H]5C=CC[C@H]54)cc3)cc2Cl)cc1. The van der Waals surface area contributed by atoms with E-state index in [0.717, 1.165) is 23.2 Å². The molecule has 6 rings (SSSR count). The van der Waals surface area contributed by atoms with Crippen molar-refractivity contribution in [3.05, 3.63) is 136 Å². The number of fused-ring (bicyclic) bond motifs is 3. The first-order valence-electron chi connectivity index (χ1n) is 12.5. The van der Waals surface area contributed by atoms with Crippen LogP contribution >= 0.6 is 11.6 Å². The fourth-order valence-corrected chi connectivity index (χ4v) is 5.49. The number of hydrogen-bond donors (Lipinski definition) is 1. The summed E-state index contributed by atoms with van der Waals surface area (Å²) in [6, 6.07) is 29.2. The van der Waals surface area contributed by atoms with Crippen LogP contribution in [-0.2, 0) is 6.61 Å². The first-order valence-corrected chi connectivity index (χ1v) is 12.8. The fraction of sp³-hybridized carbons (Fsp3) is 0.156. The molecule has 3 nitrogen and oxygen atoms in total. The van der Waals surface area contributed by atoms with Gasteiger partial charge >= 0.3 is 0 Å². The van der Waals surface area contributed by atoms with E-state index in [1.54, 1.807) is 18.3 Å². The van der Waals surface area contributed by atoms with Crippen LogP contribution in [0.1, 0.15) is 40.6 Å². The maximum Gasteiger partial charge on any atom is 0.138 e. The third-order valence-electron chi connectivity index (χ3n) is 7.15. The Balaban J connectivity index is 1.12. The number of benzene rings is 4. The van der Waals surface area contributed by atoms with Gasteiger partial charge in [0.15, 0.2) is 0 Å². The third kappa shape index (κ3) is 5.03. The summed E-state index contributed by atoms with van der Waals surface area (Å²) in [6.45, 7) is 0.318. The number of allylic oxidation sites excluding steroid dienone is 2. The van der Waals surface area contributed by atoms with Gasteiger partial charge in [0.05, 0.1) is 16.8 Å². The van der Waals surface area contributed by atoms with E-state index in [2.05, 4.69) is 71.0 Å². The first-order chi connectivity index (χ1) is 18.1. The smallest absolute Gasteiger partial charge is 0.138 e. The fourth-order valence-electron chi connectivity index (χ4n) is 5.25.